The third-order valence-corrected chi connectivity index (χ3v) is 7.62. The van der Waals surface area contributed by atoms with Crippen molar-refractivity contribution in [2.75, 3.05) is 5.32 Å². The summed E-state index contributed by atoms with van der Waals surface area (Å²) in [6.45, 7) is 3.31. The van der Waals surface area contributed by atoms with Gasteiger partial charge in [-0.15, -0.1) is 22.7 Å². The zero-order valence-corrected chi connectivity index (χ0v) is 20.0. The summed E-state index contributed by atoms with van der Waals surface area (Å²) >= 11 is 9.25. The molecule has 6 heterocycles. The standard InChI is InChI=1S/C23H18ClN7S2/c1-14-10-30-11-15(2-5-21(30)28-14)12-31-13-17-18(29-31)6-7-25-22(17)26-8-16-9-27-23(32-16)19-3-4-20(24)33-19/h2-7,9-11,13H,8,12H2,1H3,(H,25,26). The Morgan fingerprint density at radius 3 is 2.85 bits per heavy atom. The largest absolute Gasteiger partial charge is 0.365 e. The number of nitrogens with zero attached hydrogens (tertiary/aromatic N) is 6. The maximum absolute atomic E-state index is 6.06. The minimum absolute atomic E-state index is 0.644. The van der Waals surface area contributed by atoms with Crippen molar-refractivity contribution in [2.45, 2.75) is 20.0 Å². The zero-order valence-electron chi connectivity index (χ0n) is 17.6. The van der Waals surface area contributed by atoms with Crippen molar-refractivity contribution in [1.82, 2.24) is 29.1 Å². The molecule has 0 aromatic carbocycles. The molecule has 0 atom stereocenters. The Morgan fingerprint density at radius 1 is 1.03 bits per heavy atom. The van der Waals surface area contributed by atoms with Crippen LogP contribution in [-0.4, -0.2) is 29.1 Å². The number of fused-ring (bicyclic) bond motifs is 2. The SMILES string of the molecule is Cc1cn2cc(Cn3cc4c(NCc5cnc(-c6ccc(Cl)s6)s5)nccc4n3)ccc2n1. The second kappa shape index (κ2) is 8.26. The Hall–Kier alpha value is -3.27. The maximum atomic E-state index is 6.06. The van der Waals surface area contributed by atoms with Gasteiger partial charge in [0.2, 0.25) is 0 Å². The van der Waals surface area contributed by atoms with E-state index >= 15 is 0 Å². The lowest BCUT2D eigenvalue weighted by molar-refractivity contribution is 0.693. The van der Waals surface area contributed by atoms with E-state index in [2.05, 4.69) is 36.9 Å². The van der Waals surface area contributed by atoms with Gasteiger partial charge < -0.3 is 9.72 Å². The first-order valence-corrected chi connectivity index (χ1v) is 12.3. The second-order valence-corrected chi connectivity index (χ2v) is 10.5. The molecule has 0 saturated carbocycles. The van der Waals surface area contributed by atoms with Gasteiger partial charge in [0, 0.05) is 35.9 Å². The molecule has 0 unspecified atom stereocenters. The minimum Gasteiger partial charge on any atom is -0.365 e. The number of nitrogens with one attached hydrogen (secondary N) is 1. The summed E-state index contributed by atoms with van der Waals surface area (Å²) < 4.78 is 4.77. The summed E-state index contributed by atoms with van der Waals surface area (Å²) in [4.78, 5) is 15.8. The number of imidazole rings is 1. The van der Waals surface area contributed by atoms with E-state index in [1.54, 1.807) is 28.9 Å². The normalized spacial score (nSPS) is 11.6. The summed E-state index contributed by atoms with van der Waals surface area (Å²) in [5, 5.41) is 10.2. The molecule has 10 heteroatoms. The van der Waals surface area contributed by atoms with Crippen molar-refractivity contribution >= 4 is 56.6 Å². The summed E-state index contributed by atoms with van der Waals surface area (Å²) in [7, 11) is 0. The fourth-order valence-corrected chi connectivity index (χ4v) is 5.72. The number of rotatable bonds is 6. The highest BCUT2D eigenvalue weighted by Crippen LogP contribution is 2.34. The first-order chi connectivity index (χ1) is 16.1. The quantitative estimate of drug-likeness (QED) is 0.314. The Bertz CT molecular complexity index is 1590. The number of pyridine rings is 2. The maximum Gasteiger partial charge on any atom is 0.137 e. The van der Waals surface area contributed by atoms with Crippen LogP contribution in [0.3, 0.4) is 0 Å². The Morgan fingerprint density at radius 2 is 1.97 bits per heavy atom. The predicted molar refractivity (Wildman–Crippen MR) is 134 cm³/mol. The summed E-state index contributed by atoms with van der Waals surface area (Å²) in [6, 6.07) is 9.97. The van der Waals surface area contributed by atoms with E-state index in [0.717, 1.165) is 52.7 Å². The highest BCUT2D eigenvalue weighted by molar-refractivity contribution is 7.23. The molecule has 0 bridgehead atoms. The van der Waals surface area contributed by atoms with E-state index in [1.165, 1.54) is 0 Å². The van der Waals surface area contributed by atoms with Crippen LogP contribution in [0.25, 0.3) is 26.4 Å². The monoisotopic (exact) mass is 491 g/mol. The summed E-state index contributed by atoms with van der Waals surface area (Å²) in [6.07, 6.45) is 9.86. The number of hydrogen-bond acceptors (Lipinski definition) is 7. The fraction of sp³-hybridized carbons (Fsp3) is 0.130. The summed E-state index contributed by atoms with van der Waals surface area (Å²) in [5.74, 6) is 0.813. The molecule has 0 spiro atoms. The number of halogens is 1. The molecule has 0 aliphatic heterocycles. The van der Waals surface area contributed by atoms with E-state index in [-0.39, 0.29) is 0 Å². The van der Waals surface area contributed by atoms with Gasteiger partial charge in [0.1, 0.15) is 16.5 Å². The van der Waals surface area contributed by atoms with E-state index in [4.69, 9.17) is 16.7 Å². The van der Waals surface area contributed by atoms with Crippen molar-refractivity contribution in [1.29, 1.82) is 0 Å². The second-order valence-electron chi connectivity index (χ2n) is 7.69. The first kappa shape index (κ1) is 20.3. The molecule has 1 N–H and O–H groups in total. The molecule has 0 radical (unpaired) electrons. The van der Waals surface area contributed by atoms with Gasteiger partial charge in [-0.3, -0.25) is 4.68 Å². The average molecular weight is 492 g/mol. The number of anilines is 1. The van der Waals surface area contributed by atoms with Gasteiger partial charge in [0.05, 0.1) is 38.9 Å². The van der Waals surface area contributed by atoms with Gasteiger partial charge in [0.25, 0.3) is 0 Å². The molecule has 0 aliphatic rings. The highest BCUT2D eigenvalue weighted by atomic mass is 35.5. The third-order valence-electron chi connectivity index (χ3n) is 5.23. The van der Waals surface area contributed by atoms with Crippen molar-refractivity contribution < 1.29 is 0 Å². The molecule has 0 saturated heterocycles. The van der Waals surface area contributed by atoms with Gasteiger partial charge in [0.15, 0.2) is 0 Å². The van der Waals surface area contributed by atoms with Gasteiger partial charge in [-0.05, 0) is 36.8 Å². The number of thiophene rings is 1. The topological polar surface area (TPSA) is 72.9 Å². The van der Waals surface area contributed by atoms with E-state index < -0.39 is 0 Å². The Kier molecular flexibility index (Phi) is 5.09. The molecular formula is C23H18ClN7S2. The van der Waals surface area contributed by atoms with Crippen LogP contribution in [0.15, 0.2) is 61.3 Å². The number of hydrogen-bond donors (Lipinski definition) is 1. The fourth-order valence-electron chi connectivity index (χ4n) is 3.76. The van der Waals surface area contributed by atoms with Crippen LogP contribution in [0.1, 0.15) is 16.1 Å². The number of aromatic nitrogens is 6. The third kappa shape index (κ3) is 4.10. The molecule has 0 aliphatic carbocycles. The summed E-state index contributed by atoms with van der Waals surface area (Å²) in [5.41, 5.74) is 4.02. The predicted octanol–water partition coefficient (Wildman–Crippen LogP) is 5.89. The molecule has 6 aromatic heterocycles. The van der Waals surface area contributed by atoms with Gasteiger partial charge in [-0.25, -0.2) is 15.0 Å². The molecule has 0 fully saturated rings. The van der Waals surface area contributed by atoms with Crippen LogP contribution in [0.4, 0.5) is 5.82 Å². The average Bonchev–Trinajstić information content (AvgIpc) is 3.57. The molecule has 33 heavy (non-hydrogen) atoms. The van der Waals surface area contributed by atoms with Crippen molar-refractivity contribution in [3.8, 4) is 9.88 Å². The zero-order chi connectivity index (χ0) is 22.4. The van der Waals surface area contributed by atoms with Crippen LogP contribution in [0, 0.1) is 6.92 Å². The van der Waals surface area contributed by atoms with Crippen LogP contribution in [0.2, 0.25) is 4.34 Å². The first-order valence-electron chi connectivity index (χ1n) is 10.3. The Balaban J connectivity index is 1.21. The van der Waals surface area contributed by atoms with Gasteiger partial charge >= 0.3 is 0 Å². The van der Waals surface area contributed by atoms with Crippen molar-refractivity contribution in [3.63, 3.8) is 0 Å². The lowest BCUT2D eigenvalue weighted by atomic mass is 10.3. The minimum atomic E-state index is 0.644. The van der Waals surface area contributed by atoms with Crippen LogP contribution in [0.5, 0.6) is 0 Å². The van der Waals surface area contributed by atoms with Crippen LogP contribution in [-0.2, 0) is 13.1 Å². The van der Waals surface area contributed by atoms with E-state index in [0.29, 0.717) is 13.1 Å². The smallest absolute Gasteiger partial charge is 0.137 e. The molecule has 6 aromatic rings. The van der Waals surface area contributed by atoms with Crippen molar-refractivity contribution in [3.05, 3.63) is 81.8 Å². The number of aryl methyl sites for hydroxylation is 1. The molecule has 164 valence electrons. The number of thiazole rings is 1. The lowest BCUT2D eigenvalue weighted by Gasteiger charge is -2.04. The van der Waals surface area contributed by atoms with E-state index in [9.17, 15) is 0 Å². The molecule has 6 rings (SSSR count). The van der Waals surface area contributed by atoms with E-state index in [1.807, 2.05) is 54.5 Å². The molecule has 0 amide bonds. The molecular weight excluding hydrogens is 474 g/mol. The Labute approximate surface area is 202 Å². The lowest BCUT2D eigenvalue weighted by Crippen LogP contribution is -2.01. The highest BCUT2D eigenvalue weighted by Gasteiger charge is 2.11. The van der Waals surface area contributed by atoms with Crippen LogP contribution < -0.4 is 5.32 Å². The van der Waals surface area contributed by atoms with Crippen LogP contribution >= 0.6 is 34.3 Å². The van der Waals surface area contributed by atoms with Gasteiger partial charge in [-0.2, -0.15) is 5.10 Å². The van der Waals surface area contributed by atoms with Gasteiger partial charge in [-0.1, -0.05) is 17.7 Å². The molecule has 7 nitrogen and oxygen atoms in total. The van der Waals surface area contributed by atoms with Crippen molar-refractivity contribution in [2.24, 2.45) is 0 Å².